The van der Waals surface area contributed by atoms with Crippen molar-refractivity contribution in [3.8, 4) is 0 Å². The standard InChI is InChI=1S/C22H17F3N2O3S/c23-22(24,25)14-6-1-2-7-15(14)26-20(28)13-27-16-8-3-4-10-18(16)31-19(12-21(27)29)17-9-5-11-30-17/h1-11,19H,12-13H2,(H,26,28)/t19-/m0/s1. The number of fused-ring (bicyclic) bond motifs is 1. The number of alkyl halides is 3. The minimum absolute atomic E-state index is 0.0826. The first-order chi connectivity index (χ1) is 14.8. The van der Waals surface area contributed by atoms with Gasteiger partial charge in [-0.2, -0.15) is 13.2 Å². The number of carbonyl (C=O) groups excluding carboxylic acids is 2. The molecule has 0 saturated heterocycles. The SMILES string of the molecule is O=C(CN1C(=O)C[C@@H](c2ccco2)Sc2ccccc21)Nc1ccccc1C(F)(F)F. The van der Waals surface area contributed by atoms with E-state index in [2.05, 4.69) is 5.32 Å². The molecule has 1 aliphatic rings. The smallest absolute Gasteiger partial charge is 0.418 e. The van der Waals surface area contributed by atoms with Crippen LogP contribution in [0.2, 0.25) is 0 Å². The highest BCUT2D eigenvalue weighted by Gasteiger charge is 2.35. The number of anilines is 2. The summed E-state index contributed by atoms with van der Waals surface area (Å²) in [6.07, 6.45) is -3.00. The highest BCUT2D eigenvalue weighted by atomic mass is 32.2. The summed E-state index contributed by atoms with van der Waals surface area (Å²) in [5.74, 6) is -0.405. The minimum Gasteiger partial charge on any atom is -0.468 e. The number of hydrogen-bond donors (Lipinski definition) is 1. The molecule has 3 aromatic rings. The van der Waals surface area contributed by atoms with Crippen LogP contribution in [0.15, 0.2) is 76.2 Å². The van der Waals surface area contributed by atoms with Crippen molar-refractivity contribution in [2.45, 2.75) is 22.7 Å². The van der Waals surface area contributed by atoms with Gasteiger partial charge in [0.05, 0.1) is 28.5 Å². The molecule has 1 aromatic heterocycles. The van der Waals surface area contributed by atoms with E-state index >= 15 is 0 Å². The van der Waals surface area contributed by atoms with Crippen LogP contribution in [0.1, 0.15) is 23.0 Å². The van der Waals surface area contributed by atoms with Crippen molar-refractivity contribution >= 4 is 35.0 Å². The molecule has 5 nitrogen and oxygen atoms in total. The molecule has 2 aromatic carbocycles. The Bertz CT molecular complexity index is 1100. The summed E-state index contributed by atoms with van der Waals surface area (Å²) in [6, 6.07) is 15.3. The van der Waals surface area contributed by atoms with Crippen LogP contribution in [-0.2, 0) is 15.8 Å². The number of nitrogens with zero attached hydrogens (tertiary/aromatic N) is 1. The van der Waals surface area contributed by atoms with Crippen LogP contribution in [0.3, 0.4) is 0 Å². The van der Waals surface area contributed by atoms with Crippen LogP contribution >= 0.6 is 11.8 Å². The van der Waals surface area contributed by atoms with Crippen LogP contribution in [-0.4, -0.2) is 18.4 Å². The number of furan rings is 1. The number of para-hydroxylation sites is 2. The molecule has 0 bridgehead atoms. The second-order valence-corrected chi connectivity index (χ2v) is 8.11. The molecule has 1 atom stereocenters. The van der Waals surface area contributed by atoms with E-state index in [0.29, 0.717) is 11.4 Å². The summed E-state index contributed by atoms with van der Waals surface area (Å²) in [4.78, 5) is 27.7. The lowest BCUT2D eigenvalue weighted by atomic mass is 10.1. The van der Waals surface area contributed by atoms with E-state index in [4.69, 9.17) is 4.42 Å². The average molecular weight is 446 g/mol. The molecule has 0 spiro atoms. The quantitative estimate of drug-likeness (QED) is 0.574. The van der Waals surface area contributed by atoms with Gasteiger partial charge in [0.1, 0.15) is 12.3 Å². The Balaban J connectivity index is 1.58. The third-order valence-electron chi connectivity index (χ3n) is 4.76. The second-order valence-electron chi connectivity index (χ2n) is 6.87. The maximum absolute atomic E-state index is 13.2. The van der Waals surface area contributed by atoms with Gasteiger partial charge in [-0.05, 0) is 36.4 Å². The fraction of sp³-hybridized carbons (Fsp3) is 0.182. The third-order valence-corrected chi connectivity index (χ3v) is 6.04. The molecule has 2 amide bonds. The molecule has 1 aliphatic heterocycles. The average Bonchev–Trinajstić information content (AvgIpc) is 3.22. The summed E-state index contributed by atoms with van der Waals surface area (Å²) in [7, 11) is 0. The first-order valence-corrected chi connectivity index (χ1v) is 10.3. The normalized spacial score (nSPS) is 16.5. The zero-order chi connectivity index (χ0) is 22.0. The number of amides is 2. The van der Waals surface area contributed by atoms with Gasteiger partial charge < -0.3 is 14.6 Å². The molecule has 160 valence electrons. The molecule has 9 heteroatoms. The van der Waals surface area contributed by atoms with Gasteiger partial charge in [-0.25, -0.2) is 0 Å². The Kier molecular flexibility index (Phi) is 5.77. The first kappa shape index (κ1) is 21.0. The summed E-state index contributed by atoms with van der Waals surface area (Å²) in [6.45, 7) is -0.409. The number of halogens is 3. The molecular formula is C22H17F3N2O3S. The topological polar surface area (TPSA) is 62.6 Å². The molecule has 0 aliphatic carbocycles. The monoisotopic (exact) mass is 446 g/mol. The lowest BCUT2D eigenvalue weighted by molar-refractivity contribution is -0.137. The maximum atomic E-state index is 13.2. The highest BCUT2D eigenvalue weighted by Crippen LogP contribution is 2.45. The third kappa shape index (κ3) is 4.61. The van der Waals surface area contributed by atoms with Crippen molar-refractivity contribution in [3.63, 3.8) is 0 Å². The van der Waals surface area contributed by atoms with Crippen LogP contribution < -0.4 is 10.2 Å². The highest BCUT2D eigenvalue weighted by molar-refractivity contribution is 7.99. The Morgan fingerprint density at radius 3 is 2.58 bits per heavy atom. The number of thioether (sulfide) groups is 1. The zero-order valence-corrected chi connectivity index (χ0v) is 16.9. The number of benzene rings is 2. The van der Waals surface area contributed by atoms with E-state index in [1.165, 1.54) is 41.1 Å². The fourth-order valence-electron chi connectivity index (χ4n) is 3.36. The van der Waals surface area contributed by atoms with E-state index < -0.39 is 24.2 Å². The summed E-state index contributed by atoms with van der Waals surface area (Å²) >= 11 is 1.44. The molecule has 1 N–H and O–H groups in total. The largest absolute Gasteiger partial charge is 0.468 e. The van der Waals surface area contributed by atoms with Crippen LogP contribution in [0.5, 0.6) is 0 Å². The molecule has 4 rings (SSSR count). The first-order valence-electron chi connectivity index (χ1n) is 9.38. The van der Waals surface area contributed by atoms with Crippen LogP contribution in [0, 0.1) is 0 Å². The van der Waals surface area contributed by atoms with Crippen LogP contribution in [0.25, 0.3) is 0 Å². The lowest BCUT2D eigenvalue weighted by Gasteiger charge is -2.22. The number of hydrogen-bond acceptors (Lipinski definition) is 4. The Hall–Kier alpha value is -3.20. The number of rotatable bonds is 4. The van der Waals surface area contributed by atoms with Gasteiger partial charge in [-0.1, -0.05) is 24.3 Å². The van der Waals surface area contributed by atoms with Crippen LogP contribution in [0.4, 0.5) is 24.5 Å². The van der Waals surface area contributed by atoms with Gasteiger partial charge in [-0.15, -0.1) is 11.8 Å². The Labute approximate surface area is 180 Å². The van der Waals surface area contributed by atoms with E-state index in [0.717, 1.165) is 11.0 Å². The van der Waals surface area contributed by atoms with E-state index in [-0.39, 0.29) is 23.3 Å². The summed E-state index contributed by atoms with van der Waals surface area (Å²) in [5, 5.41) is 2.02. The van der Waals surface area contributed by atoms with Gasteiger partial charge in [0.25, 0.3) is 0 Å². The molecule has 0 fully saturated rings. The van der Waals surface area contributed by atoms with Gasteiger partial charge in [-0.3, -0.25) is 9.59 Å². The second kappa shape index (κ2) is 8.50. The predicted octanol–water partition coefficient (Wildman–Crippen LogP) is 5.51. The Morgan fingerprint density at radius 1 is 1.10 bits per heavy atom. The lowest BCUT2D eigenvalue weighted by Crippen LogP contribution is -2.38. The van der Waals surface area contributed by atoms with Crippen molar-refractivity contribution in [1.29, 1.82) is 0 Å². The molecule has 31 heavy (non-hydrogen) atoms. The van der Waals surface area contributed by atoms with Crippen molar-refractivity contribution in [2.75, 3.05) is 16.8 Å². The number of carbonyl (C=O) groups is 2. The van der Waals surface area contributed by atoms with Gasteiger partial charge in [0.2, 0.25) is 11.8 Å². The van der Waals surface area contributed by atoms with Gasteiger partial charge >= 0.3 is 6.18 Å². The molecular weight excluding hydrogens is 429 g/mol. The zero-order valence-electron chi connectivity index (χ0n) is 16.1. The van der Waals surface area contributed by atoms with Crippen molar-refractivity contribution < 1.29 is 27.2 Å². The summed E-state index contributed by atoms with van der Waals surface area (Å²) in [5.41, 5.74) is -0.761. The fourth-order valence-corrected chi connectivity index (χ4v) is 4.60. The van der Waals surface area contributed by atoms with E-state index in [9.17, 15) is 22.8 Å². The van der Waals surface area contributed by atoms with Crippen molar-refractivity contribution in [1.82, 2.24) is 0 Å². The minimum atomic E-state index is -4.61. The molecule has 0 saturated carbocycles. The molecule has 0 unspecified atom stereocenters. The van der Waals surface area contributed by atoms with E-state index in [1.54, 1.807) is 24.3 Å². The van der Waals surface area contributed by atoms with Gasteiger partial charge in [0.15, 0.2) is 0 Å². The van der Waals surface area contributed by atoms with Gasteiger partial charge in [0, 0.05) is 11.3 Å². The molecule has 2 heterocycles. The van der Waals surface area contributed by atoms with Crippen molar-refractivity contribution in [2.24, 2.45) is 0 Å². The Morgan fingerprint density at radius 2 is 1.84 bits per heavy atom. The summed E-state index contributed by atoms with van der Waals surface area (Å²) < 4.78 is 45.1. The predicted molar refractivity (Wildman–Crippen MR) is 111 cm³/mol. The van der Waals surface area contributed by atoms with E-state index in [1.807, 2.05) is 12.1 Å². The van der Waals surface area contributed by atoms with Crippen molar-refractivity contribution in [3.05, 3.63) is 78.3 Å². The number of nitrogens with one attached hydrogen (secondary N) is 1. The maximum Gasteiger partial charge on any atom is 0.418 e. The molecule has 0 radical (unpaired) electrons.